The molecular weight excluding hydrogens is 190 g/mol. The summed E-state index contributed by atoms with van der Waals surface area (Å²) in [6.45, 7) is 7.44. The average Bonchev–Trinajstić information content (AvgIpc) is 2.15. The van der Waals surface area contributed by atoms with Crippen LogP contribution in [0, 0.1) is 12.3 Å². The SMILES string of the molecule is Cc1ccc(NOC(=O)C(C)(C)C)cc1. The highest BCUT2D eigenvalue weighted by Gasteiger charge is 2.23. The molecular formula is C12H17NO2. The van der Waals surface area contributed by atoms with Crippen LogP contribution >= 0.6 is 0 Å². The highest BCUT2D eigenvalue weighted by molar-refractivity contribution is 5.76. The van der Waals surface area contributed by atoms with Crippen LogP contribution in [0.15, 0.2) is 24.3 Å². The third-order valence-electron chi connectivity index (χ3n) is 1.93. The molecule has 1 rings (SSSR count). The summed E-state index contributed by atoms with van der Waals surface area (Å²) >= 11 is 0. The molecule has 0 aliphatic carbocycles. The fourth-order valence-corrected chi connectivity index (χ4v) is 0.880. The van der Waals surface area contributed by atoms with Gasteiger partial charge in [0.1, 0.15) is 0 Å². The predicted molar refractivity (Wildman–Crippen MR) is 60.3 cm³/mol. The molecule has 0 saturated carbocycles. The lowest BCUT2D eigenvalue weighted by Crippen LogP contribution is -2.25. The Morgan fingerprint density at radius 3 is 2.20 bits per heavy atom. The molecule has 82 valence electrons. The van der Waals surface area contributed by atoms with Crippen molar-refractivity contribution in [2.45, 2.75) is 27.7 Å². The Morgan fingerprint density at radius 2 is 1.73 bits per heavy atom. The van der Waals surface area contributed by atoms with Crippen LogP contribution < -0.4 is 5.48 Å². The molecule has 3 heteroatoms. The largest absolute Gasteiger partial charge is 0.343 e. The Labute approximate surface area is 90.4 Å². The van der Waals surface area contributed by atoms with Crippen LogP contribution in [-0.4, -0.2) is 5.97 Å². The average molecular weight is 207 g/mol. The van der Waals surface area contributed by atoms with Gasteiger partial charge in [0.05, 0.1) is 11.1 Å². The highest BCUT2D eigenvalue weighted by atomic mass is 16.7. The number of hydrogen-bond acceptors (Lipinski definition) is 3. The summed E-state index contributed by atoms with van der Waals surface area (Å²) < 4.78 is 0. The molecule has 0 aromatic heterocycles. The van der Waals surface area contributed by atoms with Crippen LogP contribution in [-0.2, 0) is 9.63 Å². The maximum absolute atomic E-state index is 11.4. The number of anilines is 1. The van der Waals surface area contributed by atoms with E-state index in [0.29, 0.717) is 0 Å². The van der Waals surface area contributed by atoms with E-state index in [2.05, 4.69) is 5.48 Å². The normalized spacial score (nSPS) is 10.9. The fourth-order valence-electron chi connectivity index (χ4n) is 0.880. The lowest BCUT2D eigenvalue weighted by atomic mass is 9.98. The van der Waals surface area contributed by atoms with Gasteiger partial charge < -0.3 is 4.84 Å². The second-order valence-electron chi connectivity index (χ2n) is 4.61. The minimum atomic E-state index is -0.488. The first-order chi connectivity index (χ1) is 6.89. The van der Waals surface area contributed by atoms with Crippen LogP contribution in [0.4, 0.5) is 5.69 Å². The Morgan fingerprint density at radius 1 is 1.20 bits per heavy atom. The number of benzene rings is 1. The van der Waals surface area contributed by atoms with E-state index in [4.69, 9.17) is 4.84 Å². The maximum Gasteiger partial charge on any atom is 0.337 e. The number of carbonyl (C=O) groups excluding carboxylic acids is 1. The van der Waals surface area contributed by atoms with Crippen LogP contribution in [0.5, 0.6) is 0 Å². The van der Waals surface area contributed by atoms with Crippen molar-refractivity contribution in [1.29, 1.82) is 0 Å². The zero-order valence-corrected chi connectivity index (χ0v) is 9.63. The number of hydrogen-bond donors (Lipinski definition) is 1. The van der Waals surface area contributed by atoms with Crippen LogP contribution in [0.2, 0.25) is 0 Å². The van der Waals surface area contributed by atoms with Gasteiger partial charge in [0, 0.05) is 0 Å². The van der Waals surface area contributed by atoms with Gasteiger partial charge in [-0.2, -0.15) is 0 Å². The minimum Gasteiger partial charge on any atom is -0.343 e. The van der Waals surface area contributed by atoms with E-state index in [9.17, 15) is 4.79 Å². The maximum atomic E-state index is 11.4. The van der Waals surface area contributed by atoms with Crippen molar-refractivity contribution in [3.8, 4) is 0 Å². The smallest absolute Gasteiger partial charge is 0.337 e. The number of carbonyl (C=O) groups is 1. The van der Waals surface area contributed by atoms with E-state index >= 15 is 0 Å². The third kappa shape index (κ3) is 3.62. The van der Waals surface area contributed by atoms with Gasteiger partial charge in [0.25, 0.3) is 0 Å². The molecule has 0 aliphatic rings. The summed E-state index contributed by atoms with van der Waals surface area (Å²) in [5.41, 5.74) is 4.09. The Bertz CT molecular complexity index is 336. The summed E-state index contributed by atoms with van der Waals surface area (Å²) in [6, 6.07) is 7.64. The lowest BCUT2D eigenvalue weighted by Gasteiger charge is -2.16. The monoisotopic (exact) mass is 207 g/mol. The quantitative estimate of drug-likeness (QED) is 0.758. The van der Waals surface area contributed by atoms with Crippen molar-refractivity contribution in [1.82, 2.24) is 0 Å². The van der Waals surface area contributed by atoms with Crippen LogP contribution in [0.1, 0.15) is 26.3 Å². The van der Waals surface area contributed by atoms with Gasteiger partial charge in [-0.25, -0.2) is 10.3 Å². The van der Waals surface area contributed by atoms with E-state index < -0.39 is 5.41 Å². The van der Waals surface area contributed by atoms with Crippen LogP contribution in [0.3, 0.4) is 0 Å². The second kappa shape index (κ2) is 4.34. The Balaban J connectivity index is 2.51. The topological polar surface area (TPSA) is 38.3 Å². The van der Waals surface area contributed by atoms with Gasteiger partial charge in [0.15, 0.2) is 0 Å². The van der Waals surface area contributed by atoms with E-state index in [-0.39, 0.29) is 5.97 Å². The molecule has 0 radical (unpaired) electrons. The van der Waals surface area contributed by atoms with Crippen LogP contribution in [0.25, 0.3) is 0 Å². The second-order valence-corrected chi connectivity index (χ2v) is 4.61. The highest BCUT2D eigenvalue weighted by Crippen LogP contribution is 2.16. The van der Waals surface area contributed by atoms with Gasteiger partial charge in [-0.05, 0) is 39.8 Å². The van der Waals surface area contributed by atoms with Crippen molar-refractivity contribution in [2.24, 2.45) is 5.41 Å². The zero-order valence-electron chi connectivity index (χ0n) is 9.63. The molecule has 1 N–H and O–H groups in total. The van der Waals surface area contributed by atoms with Crippen molar-refractivity contribution < 1.29 is 9.63 Å². The summed E-state index contributed by atoms with van der Waals surface area (Å²) in [5.74, 6) is -0.275. The van der Waals surface area contributed by atoms with E-state index in [1.54, 1.807) is 0 Å². The van der Waals surface area contributed by atoms with Gasteiger partial charge >= 0.3 is 5.97 Å². The number of rotatable bonds is 2. The minimum absolute atomic E-state index is 0.275. The van der Waals surface area contributed by atoms with Gasteiger partial charge in [-0.15, -0.1) is 0 Å². The molecule has 0 aliphatic heterocycles. The summed E-state index contributed by atoms with van der Waals surface area (Å²) in [4.78, 5) is 16.4. The fraction of sp³-hybridized carbons (Fsp3) is 0.417. The Kier molecular flexibility index (Phi) is 3.35. The standard InChI is InChI=1S/C12H17NO2/c1-9-5-7-10(8-6-9)13-15-11(14)12(2,3)4/h5-8,13H,1-4H3. The number of nitrogens with one attached hydrogen (secondary N) is 1. The summed E-state index contributed by atoms with van der Waals surface area (Å²) in [5, 5.41) is 0. The van der Waals surface area contributed by atoms with Crippen molar-refractivity contribution in [2.75, 3.05) is 5.48 Å². The predicted octanol–water partition coefficient (Wildman–Crippen LogP) is 2.91. The first-order valence-corrected chi connectivity index (χ1v) is 4.93. The molecule has 15 heavy (non-hydrogen) atoms. The van der Waals surface area contributed by atoms with E-state index in [1.165, 1.54) is 5.56 Å². The molecule has 0 heterocycles. The molecule has 0 unspecified atom stereocenters. The molecule has 1 aromatic carbocycles. The molecule has 0 fully saturated rings. The molecule has 0 bridgehead atoms. The van der Waals surface area contributed by atoms with Gasteiger partial charge in [0.2, 0.25) is 0 Å². The summed E-state index contributed by atoms with van der Waals surface area (Å²) in [6.07, 6.45) is 0. The third-order valence-corrected chi connectivity index (χ3v) is 1.93. The molecule has 0 saturated heterocycles. The van der Waals surface area contributed by atoms with E-state index in [1.807, 2.05) is 52.0 Å². The van der Waals surface area contributed by atoms with Crippen molar-refractivity contribution in [3.63, 3.8) is 0 Å². The molecule has 3 nitrogen and oxygen atoms in total. The Hall–Kier alpha value is -1.51. The molecule has 0 spiro atoms. The first-order valence-electron chi connectivity index (χ1n) is 4.93. The first kappa shape index (κ1) is 11.6. The molecule has 0 amide bonds. The zero-order chi connectivity index (χ0) is 11.5. The lowest BCUT2D eigenvalue weighted by molar-refractivity contribution is -0.149. The van der Waals surface area contributed by atoms with Crippen molar-refractivity contribution >= 4 is 11.7 Å². The van der Waals surface area contributed by atoms with Gasteiger partial charge in [-0.3, -0.25) is 0 Å². The van der Waals surface area contributed by atoms with Gasteiger partial charge in [-0.1, -0.05) is 17.7 Å². The molecule has 1 aromatic rings. The molecule has 0 atom stereocenters. The van der Waals surface area contributed by atoms with E-state index in [0.717, 1.165) is 5.69 Å². The summed E-state index contributed by atoms with van der Waals surface area (Å²) in [7, 11) is 0. The van der Waals surface area contributed by atoms with Crippen molar-refractivity contribution in [3.05, 3.63) is 29.8 Å². The number of aryl methyl sites for hydroxylation is 1.